The number of carbonyl (C=O) groups excluding carboxylic acids is 1. The van der Waals surface area contributed by atoms with Crippen LogP contribution in [0.1, 0.15) is 29.9 Å². The van der Waals surface area contributed by atoms with Gasteiger partial charge in [0.2, 0.25) is 5.91 Å². The number of nitrogens with zero attached hydrogens (tertiary/aromatic N) is 1. The zero-order valence-corrected chi connectivity index (χ0v) is 13.5. The summed E-state index contributed by atoms with van der Waals surface area (Å²) in [7, 11) is 1.82. The van der Waals surface area contributed by atoms with Crippen molar-refractivity contribution in [2.24, 2.45) is 0 Å². The first kappa shape index (κ1) is 15.7. The Hall–Kier alpha value is -1.68. The summed E-state index contributed by atoms with van der Waals surface area (Å²) in [6, 6.07) is 12.1. The Balaban J connectivity index is 1.81. The smallest absolute Gasteiger partial charge is 0.232 e. The number of thioether (sulfide) groups is 1. The standard InChI is InChI=1S/C17H21NO2S/c1-13-6-4-7-15(10-13)11-21-12-17(19)18(3)14(2)16-8-5-9-20-16/h4-10,14H,11-12H2,1-3H3. The van der Waals surface area contributed by atoms with Gasteiger partial charge in [-0.3, -0.25) is 4.79 Å². The second-order valence-corrected chi connectivity index (χ2v) is 6.16. The molecule has 0 saturated carbocycles. The number of rotatable bonds is 6. The molecule has 0 aliphatic carbocycles. The van der Waals surface area contributed by atoms with E-state index in [0.717, 1.165) is 11.5 Å². The average molecular weight is 303 g/mol. The van der Waals surface area contributed by atoms with Gasteiger partial charge < -0.3 is 9.32 Å². The summed E-state index contributed by atoms with van der Waals surface area (Å²) >= 11 is 1.64. The quantitative estimate of drug-likeness (QED) is 0.807. The lowest BCUT2D eigenvalue weighted by Crippen LogP contribution is -2.30. The molecule has 1 atom stereocenters. The van der Waals surface area contributed by atoms with Crippen molar-refractivity contribution in [1.29, 1.82) is 0 Å². The first-order chi connectivity index (χ1) is 10.1. The van der Waals surface area contributed by atoms with Crippen LogP contribution in [0, 0.1) is 6.92 Å². The lowest BCUT2D eigenvalue weighted by molar-refractivity contribution is -0.129. The molecular weight excluding hydrogens is 282 g/mol. The van der Waals surface area contributed by atoms with Crippen molar-refractivity contribution in [3.63, 3.8) is 0 Å². The second-order valence-electron chi connectivity index (χ2n) is 5.18. The van der Waals surface area contributed by atoms with Crippen molar-refractivity contribution in [2.75, 3.05) is 12.8 Å². The Bertz CT molecular complexity index is 580. The Morgan fingerprint density at radius 2 is 2.14 bits per heavy atom. The largest absolute Gasteiger partial charge is 0.467 e. The SMILES string of the molecule is Cc1cccc(CSCC(=O)N(C)C(C)c2ccco2)c1. The summed E-state index contributed by atoms with van der Waals surface area (Å²) in [4.78, 5) is 13.9. The van der Waals surface area contributed by atoms with E-state index in [1.165, 1.54) is 11.1 Å². The van der Waals surface area contributed by atoms with Gasteiger partial charge in [0, 0.05) is 12.8 Å². The van der Waals surface area contributed by atoms with Gasteiger partial charge in [-0.05, 0) is 31.5 Å². The van der Waals surface area contributed by atoms with Crippen molar-refractivity contribution in [3.8, 4) is 0 Å². The highest BCUT2D eigenvalue weighted by molar-refractivity contribution is 7.99. The van der Waals surface area contributed by atoms with Gasteiger partial charge in [0.15, 0.2) is 0 Å². The minimum Gasteiger partial charge on any atom is -0.467 e. The van der Waals surface area contributed by atoms with E-state index in [9.17, 15) is 4.79 Å². The maximum Gasteiger partial charge on any atom is 0.232 e. The number of carbonyl (C=O) groups is 1. The molecule has 2 rings (SSSR count). The number of furan rings is 1. The molecule has 21 heavy (non-hydrogen) atoms. The van der Waals surface area contributed by atoms with Crippen LogP contribution in [0.2, 0.25) is 0 Å². The summed E-state index contributed by atoms with van der Waals surface area (Å²) in [5.74, 6) is 2.28. The van der Waals surface area contributed by atoms with Crippen molar-refractivity contribution in [3.05, 3.63) is 59.5 Å². The monoisotopic (exact) mass is 303 g/mol. The first-order valence-electron chi connectivity index (χ1n) is 7.00. The molecule has 1 aromatic carbocycles. The van der Waals surface area contributed by atoms with E-state index in [0.29, 0.717) is 5.75 Å². The van der Waals surface area contributed by atoms with Crippen LogP contribution in [-0.2, 0) is 10.5 Å². The van der Waals surface area contributed by atoms with Crippen LogP contribution in [0.15, 0.2) is 47.1 Å². The van der Waals surface area contributed by atoms with Crippen LogP contribution in [-0.4, -0.2) is 23.6 Å². The highest BCUT2D eigenvalue weighted by atomic mass is 32.2. The van der Waals surface area contributed by atoms with E-state index in [-0.39, 0.29) is 11.9 Å². The fraction of sp³-hybridized carbons (Fsp3) is 0.353. The van der Waals surface area contributed by atoms with Gasteiger partial charge in [-0.1, -0.05) is 29.8 Å². The molecule has 1 aromatic heterocycles. The number of aryl methyl sites for hydroxylation is 1. The fourth-order valence-corrected chi connectivity index (χ4v) is 2.99. The van der Waals surface area contributed by atoms with E-state index in [4.69, 9.17) is 4.42 Å². The van der Waals surface area contributed by atoms with E-state index in [2.05, 4.69) is 31.2 Å². The van der Waals surface area contributed by atoms with Gasteiger partial charge in [-0.15, -0.1) is 11.8 Å². The van der Waals surface area contributed by atoms with Crippen molar-refractivity contribution >= 4 is 17.7 Å². The lowest BCUT2D eigenvalue weighted by Gasteiger charge is -2.23. The van der Waals surface area contributed by atoms with Gasteiger partial charge >= 0.3 is 0 Å². The molecule has 112 valence electrons. The topological polar surface area (TPSA) is 33.5 Å². The van der Waals surface area contributed by atoms with E-state index < -0.39 is 0 Å². The molecular formula is C17H21NO2S. The number of amides is 1. The molecule has 0 saturated heterocycles. The molecule has 0 bridgehead atoms. The van der Waals surface area contributed by atoms with Crippen LogP contribution < -0.4 is 0 Å². The normalized spacial score (nSPS) is 12.1. The zero-order valence-electron chi connectivity index (χ0n) is 12.7. The Morgan fingerprint density at radius 1 is 1.33 bits per heavy atom. The van der Waals surface area contributed by atoms with Crippen LogP contribution in [0.5, 0.6) is 0 Å². The molecule has 0 aliphatic heterocycles. The fourth-order valence-electron chi connectivity index (χ4n) is 2.10. The summed E-state index contributed by atoms with van der Waals surface area (Å²) in [6.07, 6.45) is 1.64. The van der Waals surface area contributed by atoms with Crippen LogP contribution >= 0.6 is 11.8 Å². The predicted molar refractivity (Wildman–Crippen MR) is 87.2 cm³/mol. The molecule has 0 N–H and O–H groups in total. The maximum atomic E-state index is 12.2. The molecule has 0 radical (unpaired) electrons. The van der Waals surface area contributed by atoms with Gasteiger partial charge in [-0.2, -0.15) is 0 Å². The Kier molecular flexibility index (Phi) is 5.51. The third-order valence-corrected chi connectivity index (χ3v) is 4.49. The third-order valence-electron chi connectivity index (χ3n) is 3.51. The molecule has 1 amide bonds. The molecule has 0 aliphatic rings. The molecule has 0 spiro atoms. The maximum absolute atomic E-state index is 12.2. The van der Waals surface area contributed by atoms with Crippen LogP contribution in [0.3, 0.4) is 0 Å². The average Bonchev–Trinajstić information content (AvgIpc) is 3.00. The molecule has 0 fully saturated rings. The number of hydrogen-bond acceptors (Lipinski definition) is 3. The minimum atomic E-state index is -0.0351. The molecule has 1 heterocycles. The lowest BCUT2D eigenvalue weighted by atomic mass is 10.2. The number of benzene rings is 1. The minimum absolute atomic E-state index is 0.0351. The van der Waals surface area contributed by atoms with E-state index in [1.54, 1.807) is 22.9 Å². The Morgan fingerprint density at radius 3 is 2.81 bits per heavy atom. The van der Waals surface area contributed by atoms with Crippen molar-refractivity contribution < 1.29 is 9.21 Å². The molecule has 3 nitrogen and oxygen atoms in total. The Labute approximate surface area is 130 Å². The van der Waals surface area contributed by atoms with Crippen molar-refractivity contribution in [1.82, 2.24) is 4.90 Å². The zero-order chi connectivity index (χ0) is 15.2. The molecule has 2 aromatic rings. The van der Waals surface area contributed by atoms with Crippen molar-refractivity contribution in [2.45, 2.75) is 25.6 Å². The molecule has 1 unspecified atom stereocenters. The highest BCUT2D eigenvalue weighted by Crippen LogP contribution is 2.21. The summed E-state index contributed by atoms with van der Waals surface area (Å²) in [5.41, 5.74) is 2.51. The van der Waals surface area contributed by atoms with Crippen LogP contribution in [0.4, 0.5) is 0 Å². The summed E-state index contributed by atoms with van der Waals surface area (Å²) in [5, 5.41) is 0. The van der Waals surface area contributed by atoms with E-state index >= 15 is 0 Å². The third kappa shape index (κ3) is 4.39. The van der Waals surface area contributed by atoms with Gasteiger partial charge in [0.1, 0.15) is 5.76 Å². The molecule has 4 heteroatoms. The number of hydrogen-bond donors (Lipinski definition) is 0. The summed E-state index contributed by atoms with van der Waals surface area (Å²) < 4.78 is 5.35. The highest BCUT2D eigenvalue weighted by Gasteiger charge is 2.19. The second kappa shape index (κ2) is 7.36. The van der Waals surface area contributed by atoms with E-state index in [1.807, 2.05) is 26.1 Å². The van der Waals surface area contributed by atoms with Gasteiger partial charge in [0.25, 0.3) is 0 Å². The predicted octanol–water partition coefficient (Wildman–Crippen LogP) is 4.04. The first-order valence-corrected chi connectivity index (χ1v) is 8.15. The van der Waals surface area contributed by atoms with Gasteiger partial charge in [0.05, 0.1) is 18.1 Å². The summed E-state index contributed by atoms with van der Waals surface area (Å²) in [6.45, 7) is 4.06. The van der Waals surface area contributed by atoms with Gasteiger partial charge in [-0.25, -0.2) is 0 Å². The van der Waals surface area contributed by atoms with Crippen LogP contribution in [0.25, 0.3) is 0 Å².